The lowest BCUT2D eigenvalue weighted by Crippen LogP contribution is -1.97. The zero-order valence-corrected chi connectivity index (χ0v) is 10.6. The molecule has 0 saturated carbocycles. The first-order valence-corrected chi connectivity index (χ1v) is 5.85. The van der Waals surface area contributed by atoms with Crippen molar-refractivity contribution in [1.29, 1.82) is 0 Å². The van der Waals surface area contributed by atoms with Crippen molar-refractivity contribution >= 4 is 21.9 Å². The fourth-order valence-electron chi connectivity index (χ4n) is 1.31. The van der Waals surface area contributed by atoms with Crippen LogP contribution < -0.4 is 0 Å². The molecule has 0 aliphatic carbocycles. The largest absolute Gasteiger partial charge is 0.481 e. The van der Waals surface area contributed by atoms with E-state index >= 15 is 0 Å². The van der Waals surface area contributed by atoms with E-state index in [0.717, 1.165) is 0 Å². The third-order valence-corrected chi connectivity index (χ3v) is 2.79. The van der Waals surface area contributed by atoms with Crippen LogP contribution in [0.25, 0.3) is 11.5 Å². The number of nitrogens with zero attached hydrogens (tertiary/aromatic N) is 2. The number of aliphatic carboxylic acids is 1. The van der Waals surface area contributed by atoms with Gasteiger partial charge in [0.1, 0.15) is 5.82 Å². The van der Waals surface area contributed by atoms with Crippen LogP contribution in [0.15, 0.2) is 27.1 Å². The van der Waals surface area contributed by atoms with E-state index in [-0.39, 0.29) is 30.4 Å². The van der Waals surface area contributed by atoms with Gasteiger partial charge in [-0.05, 0) is 34.1 Å². The summed E-state index contributed by atoms with van der Waals surface area (Å²) in [5.74, 6) is -0.840. The second kappa shape index (κ2) is 5.26. The number of halogens is 2. The maximum atomic E-state index is 13.1. The molecule has 18 heavy (non-hydrogen) atoms. The molecule has 0 spiro atoms. The number of carboxylic acid groups (broad SMARTS) is 1. The van der Waals surface area contributed by atoms with E-state index < -0.39 is 5.97 Å². The summed E-state index contributed by atoms with van der Waals surface area (Å²) in [5, 5.41) is 16.0. The summed E-state index contributed by atoms with van der Waals surface area (Å²) in [7, 11) is 0. The average Bonchev–Trinajstić information content (AvgIpc) is 2.79. The molecular weight excluding hydrogens is 307 g/mol. The molecule has 1 aromatic heterocycles. The van der Waals surface area contributed by atoms with Crippen molar-refractivity contribution in [3.05, 3.63) is 34.4 Å². The molecule has 2 rings (SSSR count). The molecule has 5 nitrogen and oxygen atoms in total. The minimum absolute atomic E-state index is 0.0747. The summed E-state index contributed by atoms with van der Waals surface area (Å²) < 4.78 is 18.6. The molecule has 0 unspecified atom stereocenters. The Hall–Kier alpha value is -1.76. The Morgan fingerprint density at radius 1 is 1.44 bits per heavy atom. The molecule has 0 saturated heterocycles. The van der Waals surface area contributed by atoms with Crippen LogP contribution in [0.1, 0.15) is 12.3 Å². The second-order valence-corrected chi connectivity index (χ2v) is 4.38. The van der Waals surface area contributed by atoms with Crippen molar-refractivity contribution in [3.8, 4) is 11.5 Å². The standard InChI is InChI=1S/C11H8BrFN2O3/c12-7-5-6(1-2-8(7)13)11-15-14-9(18-11)3-4-10(16)17/h1-2,5H,3-4H2,(H,16,17). The zero-order valence-electron chi connectivity index (χ0n) is 9.06. The van der Waals surface area contributed by atoms with Crippen molar-refractivity contribution in [2.75, 3.05) is 0 Å². The molecule has 0 bridgehead atoms. The van der Waals surface area contributed by atoms with Gasteiger partial charge >= 0.3 is 5.97 Å². The van der Waals surface area contributed by atoms with Crippen LogP contribution in [0.5, 0.6) is 0 Å². The Morgan fingerprint density at radius 2 is 2.22 bits per heavy atom. The van der Waals surface area contributed by atoms with E-state index in [0.29, 0.717) is 10.0 Å². The van der Waals surface area contributed by atoms with E-state index in [1.54, 1.807) is 0 Å². The zero-order chi connectivity index (χ0) is 13.1. The quantitative estimate of drug-likeness (QED) is 0.938. The molecule has 0 aliphatic heterocycles. The van der Waals surface area contributed by atoms with Crippen molar-refractivity contribution in [1.82, 2.24) is 10.2 Å². The van der Waals surface area contributed by atoms with Gasteiger partial charge in [0.15, 0.2) is 0 Å². The van der Waals surface area contributed by atoms with Gasteiger partial charge in [0.05, 0.1) is 10.9 Å². The Morgan fingerprint density at radius 3 is 2.89 bits per heavy atom. The van der Waals surface area contributed by atoms with Crippen LogP contribution in [0.3, 0.4) is 0 Å². The van der Waals surface area contributed by atoms with Crippen LogP contribution in [-0.4, -0.2) is 21.3 Å². The first-order valence-electron chi connectivity index (χ1n) is 5.06. The van der Waals surface area contributed by atoms with Crippen LogP contribution in [0.2, 0.25) is 0 Å². The SMILES string of the molecule is O=C(O)CCc1nnc(-c2ccc(F)c(Br)c2)o1. The molecule has 0 atom stereocenters. The lowest BCUT2D eigenvalue weighted by atomic mass is 10.2. The van der Waals surface area contributed by atoms with Gasteiger partial charge in [0.25, 0.3) is 0 Å². The van der Waals surface area contributed by atoms with Crippen LogP contribution in [0, 0.1) is 5.82 Å². The summed E-state index contributed by atoms with van der Waals surface area (Å²) in [4.78, 5) is 10.4. The molecule has 7 heteroatoms. The van der Waals surface area contributed by atoms with Gasteiger partial charge in [-0.2, -0.15) is 0 Å². The summed E-state index contributed by atoms with van der Waals surface area (Å²) in [5.41, 5.74) is 0.567. The van der Waals surface area contributed by atoms with Crippen LogP contribution >= 0.6 is 15.9 Å². The van der Waals surface area contributed by atoms with Crippen molar-refractivity contribution in [2.45, 2.75) is 12.8 Å². The Balaban J connectivity index is 2.18. The van der Waals surface area contributed by atoms with E-state index in [9.17, 15) is 9.18 Å². The van der Waals surface area contributed by atoms with Crippen molar-refractivity contribution in [2.24, 2.45) is 0 Å². The number of carbonyl (C=O) groups is 1. The van der Waals surface area contributed by atoms with Gasteiger partial charge in [-0.1, -0.05) is 0 Å². The Kier molecular flexibility index (Phi) is 3.71. The molecule has 0 amide bonds. The minimum atomic E-state index is -0.931. The molecule has 0 radical (unpaired) electrons. The van der Waals surface area contributed by atoms with Crippen molar-refractivity contribution in [3.63, 3.8) is 0 Å². The molecular formula is C11H8BrFN2O3. The van der Waals surface area contributed by atoms with E-state index in [1.807, 2.05) is 0 Å². The number of hydrogen-bond acceptors (Lipinski definition) is 4. The smallest absolute Gasteiger partial charge is 0.303 e. The minimum Gasteiger partial charge on any atom is -0.481 e. The van der Waals surface area contributed by atoms with Gasteiger partial charge in [0, 0.05) is 12.0 Å². The van der Waals surface area contributed by atoms with Gasteiger partial charge in [-0.25, -0.2) is 4.39 Å². The topological polar surface area (TPSA) is 76.2 Å². The highest BCUT2D eigenvalue weighted by atomic mass is 79.9. The molecule has 2 aromatic rings. The molecule has 0 fully saturated rings. The highest BCUT2D eigenvalue weighted by molar-refractivity contribution is 9.10. The predicted octanol–water partition coefficient (Wildman–Crippen LogP) is 2.66. The van der Waals surface area contributed by atoms with Gasteiger partial charge in [-0.15, -0.1) is 10.2 Å². The van der Waals surface area contributed by atoms with Crippen LogP contribution in [0.4, 0.5) is 4.39 Å². The highest BCUT2D eigenvalue weighted by Gasteiger charge is 2.11. The summed E-state index contributed by atoms with van der Waals surface area (Å²) in [6.45, 7) is 0. The lowest BCUT2D eigenvalue weighted by Gasteiger charge is -1.97. The molecule has 1 N–H and O–H groups in total. The first kappa shape index (κ1) is 12.7. The monoisotopic (exact) mass is 314 g/mol. The van der Waals surface area contributed by atoms with E-state index in [4.69, 9.17) is 9.52 Å². The lowest BCUT2D eigenvalue weighted by molar-refractivity contribution is -0.137. The van der Waals surface area contributed by atoms with Crippen LogP contribution in [-0.2, 0) is 11.2 Å². The first-order chi connectivity index (χ1) is 8.56. The van der Waals surface area contributed by atoms with Crippen molar-refractivity contribution < 1.29 is 18.7 Å². The third kappa shape index (κ3) is 2.92. The fraction of sp³-hybridized carbons (Fsp3) is 0.182. The van der Waals surface area contributed by atoms with Gasteiger partial charge < -0.3 is 9.52 Å². The third-order valence-electron chi connectivity index (χ3n) is 2.19. The maximum absolute atomic E-state index is 13.1. The maximum Gasteiger partial charge on any atom is 0.303 e. The number of aryl methyl sites for hydroxylation is 1. The molecule has 1 aromatic carbocycles. The summed E-state index contributed by atoms with van der Waals surface area (Å²) in [6, 6.07) is 4.30. The Labute approximate surface area is 110 Å². The number of carboxylic acids is 1. The Bertz CT molecular complexity index is 585. The summed E-state index contributed by atoms with van der Waals surface area (Å²) >= 11 is 3.06. The number of aromatic nitrogens is 2. The van der Waals surface area contributed by atoms with Gasteiger partial charge in [0.2, 0.25) is 11.8 Å². The fourth-order valence-corrected chi connectivity index (χ4v) is 1.69. The number of benzene rings is 1. The average molecular weight is 315 g/mol. The van der Waals surface area contributed by atoms with Gasteiger partial charge in [-0.3, -0.25) is 4.79 Å². The highest BCUT2D eigenvalue weighted by Crippen LogP contribution is 2.24. The summed E-state index contributed by atoms with van der Waals surface area (Å²) in [6.07, 6.45) is 0.0967. The van der Waals surface area contributed by atoms with E-state index in [2.05, 4.69) is 26.1 Å². The molecule has 1 heterocycles. The molecule has 94 valence electrons. The second-order valence-electron chi connectivity index (χ2n) is 3.52. The number of rotatable bonds is 4. The number of hydrogen-bond donors (Lipinski definition) is 1. The normalized spacial score (nSPS) is 10.6. The predicted molar refractivity (Wildman–Crippen MR) is 63.3 cm³/mol. The van der Waals surface area contributed by atoms with E-state index in [1.165, 1.54) is 18.2 Å². The molecule has 0 aliphatic rings.